The minimum atomic E-state index is -3.42. The van der Waals surface area contributed by atoms with Gasteiger partial charge in [0.15, 0.2) is 0 Å². The smallest absolute Gasteiger partial charge is 0.384 e. The van der Waals surface area contributed by atoms with Crippen molar-refractivity contribution in [2.45, 2.75) is 43.4 Å². The van der Waals surface area contributed by atoms with E-state index in [1.54, 1.807) is 0 Å². The summed E-state index contributed by atoms with van der Waals surface area (Å²) in [4.78, 5) is 15.1. The van der Waals surface area contributed by atoms with Crippen molar-refractivity contribution < 1.29 is 23.1 Å². The van der Waals surface area contributed by atoms with Gasteiger partial charge in [0.2, 0.25) is 0 Å². The summed E-state index contributed by atoms with van der Waals surface area (Å²) in [7, 11) is -2.00. The Morgan fingerprint density at radius 2 is 2.14 bits per heavy atom. The number of carbonyl (C=O) groups is 1. The van der Waals surface area contributed by atoms with E-state index >= 15 is 0 Å². The summed E-state index contributed by atoms with van der Waals surface area (Å²) in [5.74, 6) is 0.355. The van der Waals surface area contributed by atoms with Crippen LogP contribution in [0.25, 0.3) is 10.8 Å². The minimum Gasteiger partial charge on any atom is -0.468 e. The number of methoxy groups -OCH3 is 1. The van der Waals surface area contributed by atoms with Gasteiger partial charge in [-0.2, -0.15) is 0 Å². The Hall–Kier alpha value is -1.88. The van der Waals surface area contributed by atoms with Crippen molar-refractivity contribution in [1.82, 2.24) is 4.90 Å². The molecule has 0 aromatic heterocycles. The lowest BCUT2D eigenvalue weighted by molar-refractivity contribution is -0.152. The van der Waals surface area contributed by atoms with Gasteiger partial charge in [0.05, 0.1) is 25.4 Å². The van der Waals surface area contributed by atoms with Gasteiger partial charge in [-0.15, -0.1) is 0 Å². The maximum absolute atomic E-state index is 13.8. The molecule has 5 rings (SSSR count). The summed E-state index contributed by atoms with van der Waals surface area (Å²) >= 11 is 0. The first kappa shape index (κ1) is 18.2. The molecule has 148 valence electrons. The van der Waals surface area contributed by atoms with Crippen molar-refractivity contribution in [2.24, 2.45) is 0 Å². The first-order valence-electron chi connectivity index (χ1n) is 9.85. The van der Waals surface area contributed by atoms with Crippen molar-refractivity contribution in [3.05, 3.63) is 42.0 Å². The maximum atomic E-state index is 13.8. The SMILES string of the molecule is CCO[P@@]1(=O)Oc2ccc3ccccc3c2[C@H]2[C@@H]1C[C@@]1(C(=O)OC)CCCN21. The minimum absolute atomic E-state index is 0.186. The Kier molecular flexibility index (Phi) is 4.10. The molecule has 3 aliphatic heterocycles. The van der Waals surface area contributed by atoms with Crippen molar-refractivity contribution >= 4 is 24.3 Å². The van der Waals surface area contributed by atoms with Crippen LogP contribution in [-0.4, -0.2) is 42.3 Å². The molecule has 6 nitrogen and oxygen atoms in total. The number of fused-ring (bicyclic) bond motifs is 7. The van der Waals surface area contributed by atoms with Crippen LogP contribution in [0.2, 0.25) is 0 Å². The first-order chi connectivity index (χ1) is 13.5. The van der Waals surface area contributed by atoms with Crippen LogP contribution in [0, 0.1) is 0 Å². The number of esters is 1. The van der Waals surface area contributed by atoms with E-state index in [9.17, 15) is 9.36 Å². The molecule has 4 atom stereocenters. The van der Waals surface area contributed by atoms with Crippen LogP contribution < -0.4 is 4.52 Å². The highest BCUT2D eigenvalue weighted by molar-refractivity contribution is 7.55. The van der Waals surface area contributed by atoms with E-state index in [1.165, 1.54) is 7.11 Å². The quantitative estimate of drug-likeness (QED) is 0.565. The topological polar surface area (TPSA) is 65.1 Å². The van der Waals surface area contributed by atoms with E-state index in [-0.39, 0.29) is 17.7 Å². The van der Waals surface area contributed by atoms with E-state index in [0.717, 1.165) is 29.3 Å². The molecule has 0 radical (unpaired) electrons. The summed E-state index contributed by atoms with van der Waals surface area (Å²) in [6.07, 6.45) is 2.06. The van der Waals surface area contributed by atoms with Crippen LogP contribution in [0.1, 0.15) is 37.8 Å². The largest absolute Gasteiger partial charge is 0.468 e. The molecule has 0 bridgehead atoms. The lowest BCUT2D eigenvalue weighted by atomic mass is 9.93. The number of ether oxygens (including phenoxy) is 1. The van der Waals surface area contributed by atoms with Gasteiger partial charge in [0.25, 0.3) is 0 Å². The Bertz CT molecular complexity index is 1010. The third-order valence-corrected chi connectivity index (χ3v) is 8.87. The van der Waals surface area contributed by atoms with Crippen LogP contribution in [0.3, 0.4) is 0 Å². The molecule has 7 heteroatoms. The molecule has 2 aromatic rings. The molecular formula is C21H24NO5P. The molecule has 3 aliphatic rings. The third-order valence-electron chi connectivity index (χ3n) is 6.52. The summed E-state index contributed by atoms with van der Waals surface area (Å²) in [6, 6.07) is 11.8. The fourth-order valence-corrected chi connectivity index (χ4v) is 7.84. The van der Waals surface area contributed by atoms with Gasteiger partial charge < -0.3 is 9.26 Å². The molecule has 0 saturated carbocycles. The molecular weight excluding hydrogens is 377 g/mol. The molecule has 2 fully saturated rings. The molecule has 2 aromatic carbocycles. The monoisotopic (exact) mass is 401 g/mol. The van der Waals surface area contributed by atoms with Gasteiger partial charge in [-0.1, -0.05) is 30.3 Å². The number of hydrogen-bond acceptors (Lipinski definition) is 6. The van der Waals surface area contributed by atoms with E-state index in [0.29, 0.717) is 25.2 Å². The Balaban J connectivity index is 1.76. The fourth-order valence-electron chi connectivity index (χ4n) is 5.48. The molecule has 0 spiro atoms. The van der Waals surface area contributed by atoms with Gasteiger partial charge in [-0.05, 0) is 49.6 Å². The zero-order valence-corrected chi connectivity index (χ0v) is 17.0. The van der Waals surface area contributed by atoms with E-state index in [1.807, 2.05) is 31.2 Å². The number of benzene rings is 2. The average molecular weight is 401 g/mol. The van der Waals surface area contributed by atoms with Crippen molar-refractivity contribution in [3.8, 4) is 5.75 Å². The highest BCUT2D eigenvalue weighted by atomic mass is 31.2. The predicted octanol–water partition coefficient (Wildman–Crippen LogP) is 4.28. The van der Waals surface area contributed by atoms with Gasteiger partial charge in [-0.3, -0.25) is 14.2 Å². The number of carbonyl (C=O) groups excluding carboxylic acids is 1. The van der Waals surface area contributed by atoms with Crippen LogP contribution in [-0.2, 0) is 18.6 Å². The second-order valence-corrected chi connectivity index (χ2v) is 9.97. The van der Waals surface area contributed by atoms with Gasteiger partial charge in [0.1, 0.15) is 11.3 Å². The third kappa shape index (κ3) is 2.28. The number of hydrogen-bond donors (Lipinski definition) is 0. The normalized spacial score (nSPS) is 33.8. The van der Waals surface area contributed by atoms with Crippen molar-refractivity contribution in [3.63, 3.8) is 0 Å². The summed E-state index contributed by atoms with van der Waals surface area (Å²) in [6.45, 7) is 2.89. The summed E-state index contributed by atoms with van der Waals surface area (Å²) in [5, 5.41) is 2.18. The van der Waals surface area contributed by atoms with Crippen LogP contribution in [0.5, 0.6) is 5.75 Å². The second kappa shape index (κ2) is 6.31. The van der Waals surface area contributed by atoms with Crippen LogP contribution in [0.15, 0.2) is 36.4 Å². The zero-order chi connectivity index (χ0) is 19.5. The zero-order valence-electron chi connectivity index (χ0n) is 16.1. The molecule has 0 amide bonds. The van der Waals surface area contributed by atoms with Gasteiger partial charge in [0, 0.05) is 5.56 Å². The molecule has 0 aliphatic carbocycles. The molecule has 2 saturated heterocycles. The average Bonchev–Trinajstić information content (AvgIpc) is 3.26. The Morgan fingerprint density at radius 3 is 2.93 bits per heavy atom. The van der Waals surface area contributed by atoms with E-state index in [4.69, 9.17) is 13.8 Å². The summed E-state index contributed by atoms with van der Waals surface area (Å²) < 4.78 is 30.8. The highest BCUT2D eigenvalue weighted by Crippen LogP contribution is 2.70. The van der Waals surface area contributed by atoms with Crippen LogP contribution >= 0.6 is 7.60 Å². The first-order valence-corrected chi connectivity index (χ1v) is 11.5. The maximum Gasteiger partial charge on any atom is 0.384 e. The summed E-state index contributed by atoms with van der Waals surface area (Å²) in [5.41, 5.74) is -0.120. The number of rotatable bonds is 3. The van der Waals surface area contributed by atoms with Gasteiger partial charge in [-0.25, -0.2) is 4.57 Å². The van der Waals surface area contributed by atoms with Crippen LogP contribution in [0.4, 0.5) is 0 Å². The predicted molar refractivity (Wildman–Crippen MR) is 106 cm³/mol. The lowest BCUT2D eigenvalue weighted by Gasteiger charge is -2.38. The standard InChI is InChI=1S/C21H24NO5P/c1-3-26-28(24)17-13-21(20(23)25-2)11-6-12-22(21)19(17)18-15-8-5-4-7-14(15)9-10-16(18)27-28/h4-5,7-10,17,19H,3,6,11-13H2,1-2H3/t17-,19+,21+,28+/m0/s1. The Labute approximate surface area is 164 Å². The molecule has 0 N–H and O–H groups in total. The van der Waals surface area contributed by atoms with Crippen molar-refractivity contribution in [1.29, 1.82) is 0 Å². The molecule has 28 heavy (non-hydrogen) atoms. The fraction of sp³-hybridized carbons (Fsp3) is 0.476. The Morgan fingerprint density at radius 1 is 1.32 bits per heavy atom. The van der Waals surface area contributed by atoms with Crippen molar-refractivity contribution in [2.75, 3.05) is 20.3 Å². The van der Waals surface area contributed by atoms with Gasteiger partial charge >= 0.3 is 13.6 Å². The second-order valence-electron chi connectivity index (χ2n) is 7.78. The molecule has 0 unspecified atom stereocenters. The van der Waals surface area contributed by atoms with E-state index < -0.39 is 13.1 Å². The number of nitrogens with zero attached hydrogens (tertiary/aromatic N) is 1. The lowest BCUT2D eigenvalue weighted by Crippen LogP contribution is -2.47. The molecule has 3 heterocycles. The highest BCUT2D eigenvalue weighted by Gasteiger charge is 2.66. The van der Waals surface area contributed by atoms with E-state index in [2.05, 4.69) is 17.0 Å².